The number of carbonyl (C=O) groups excluding carboxylic acids is 1. The Hall–Kier alpha value is -2.17. The van der Waals surface area contributed by atoms with Crippen LogP contribution >= 0.6 is 0 Å². The maximum atomic E-state index is 12.5. The first-order chi connectivity index (χ1) is 12.6. The standard InChI is InChI=1S/C17H20N2O6S2/c1-18(2)27(23,24)15-7-5-13(6-8-15)17(20)19-10-16(11-19)26(21,22)12-14-4-3-9-25-14/h3-9,16H,10-12H2,1-2H3. The normalized spacial score (nSPS) is 15.7. The molecule has 0 aliphatic carbocycles. The summed E-state index contributed by atoms with van der Waals surface area (Å²) in [6.07, 6.45) is 1.42. The molecule has 8 nitrogen and oxygen atoms in total. The number of likely N-dealkylation sites (tertiary alicyclic amines) is 1. The monoisotopic (exact) mass is 412 g/mol. The molecule has 0 radical (unpaired) electrons. The molecule has 3 rings (SSSR count). The molecule has 1 saturated heterocycles. The van der Waals surface area contributed by atoms with Crippen molar-refractivity contribution in [1.29, 1.82) is 0 Å². The molecular weight excluding hydrogens is 392 g/mol. The highest BCUT2D eigenvalue weighted by molar-refractivity contribution is 7.91. The smallest absolute Gasteiger partial charge is 0.253 e. The van der Waals surface area contributed by atoms with Gasteiger partial charge in [0.2, 0.25) is 10.0 Å². The van der Waals surface area contributed by atoms with E-state index in [1.54, 1.807) is 12.1 Å². The predicted molar refractivity (Wildman–Crippen MR) is 98.3 cm³/mol. The van der Waals surface area contributed by atoms with Crippen molar-refractivity contribution < 1.29 is 26.0 Å². The summed E-state index contributed by atoms with van der Waals surface area (Å²) in [4.78, 5) is 14.0. The second kappa shape index (κ2) is 7.10. The summed E-state index contributed by atoms with van der Waals surface area (Å²) in [6.45, 7) is 0.221. The van der Waals surface area contributed by atoms with Crippen LogP contribution in [-0.4, -0.2) is 64.4 Å². The van der Waals surface area contributed by atoms with Gasteiger partial charge in [0.25, 0.3) is 5.91 Å². The van der Waals surface area contributed by atoms with Gasteiger partial charge in [-0.25, -0.2) is 21.1 Å². The quantitative estimate of drug-likeness (QED) is 0.700. The van der Waals surface area contributed by atoms with Gasteiger partial charge in [0, 0.05) is 32.7 Å². The minimum atomic E-state index is -3.56. The zero-order valence-electron chi connectivity index (χ0n) is 14.9. The van der Waals surface area contributed by atoms with Crippen molar-refractivity contribution in [2.45, 2.75) is 15.9 Å². The molecule has 0 spiro atoms. The van der Waals surface area contributed by atoms with E-state index in [0.717, 1.165) is 4.31 Å². The first-order valence-corrected chi connectivity index (χ1v) is 11.3. The summed E-state index contributed by atoms with van der Waals surface area (Å²) in [5, 5.41) is -0.625. The zero-order chi connectivity index (χ0) is 19.8. The molecule has 1 aromatic heterocycles. The third-order valence-corrected chi connectivity index (χ3v) is 8.28. The second-order valence-electron chi connectivity index (χ2n) is 6.53. The SMILES string of the molecule is CN(C)S(=O)(=O)c1ccc(C(=O)N2CC(S(=O)(=O)Cc3ccco3)C2)cc1. The van der Waals surface area contributed by atoms with Crippen LogP contribution in [0.15, 0.2) is 52.0 Å². The summed E-state index contributed by atoms with van der Waals surface area (Å²) < 4.78 is 54.9. The first kappa shape index (κ1) is 19.6. The fourth-order valence-electron chi connectivity index (χ4n) is 2.70. The number of amides is 1. The van der Waals surface area contributed by atoms with Crippen LogP contribution in [0.5, 0.6) is 0 Å². The van der Waals surface area contributed by atoms with E-state index in [0.29, 0.717) is 11.3 Å². The van der Waals surface area contributed by atoms with Crippen LogP contribution in [0.2, 0.25) is 0 Å². The molecule has 1 aliphatic heterocycles. The van der Waals surface area contributed by atoms with E-state index in [2.05, 4.69) is 0 Å². The Morgan fingerprint density at radius 2 is 1.74 bits per heavy atom. The van der Waals surface area contributed by atoms with Gasteiger partial charge in [-0.15, -0.1) is 0 Å². The van der Waals surface area contributed by atoms with Crippen molar-refractivity contribution in [3.63, 3.8) is 0 Å². The van der Waals surface area contributed by atoms with Gasteiger partial charge in [-0.2, -0.15) is 0 Å². The molecule has 1 amide bonds. The Morgan fingerprint density at radius 1 is 1.11 bits per heavy atom. The lowest BCUT2D eigenvalue weighted by atomic mass is 10.1. The minimum Gasteiger partial charge on any atom is -0.468 e. The van der Waals surface area contributed by atoms with Crippen molar-refractivity contribution in [2.75, 3.05) is 27.2 Å². The van der Waals surface area contributed by atoms with Gasteiger partial charge in [-0.05, 0) is 36.4 Å². The molecule has 146 valence electrons. The van der Waals surface area contributed by atoms with E-state index < -0.39 is 25.1 Å². The molecule has 27 heavy (non-hydrogen) atoms. The van der Waals surface area contributed by atoms with Crippen LogP contribution in [0.3, 0.4) is 0 Å². The third-order valence-electron chi connectivity index (χ3n) is 4.45. The molecule has 1 fully saturated rings. The van der Waals surface area contributed by atoms with Crippen LogP contribution < -0.4 is 0 Å². The summed E-state index contributed by atoms with van der Waals surface area (Å²) in [6, 6.07) is 8.83. The number of sulfonamides is 1. The van der Waals surface area contributed by atoms with Gasteiger partial charge in [0.05, 0.1) is 16.4 Å². The second-order valence-corrected chi connectivity index (χ2v) is 11.0. The van der Waals surface area contributed by atoms with Crippen LogP contribution in [0.25, 0.3) is 0 Å². The molecule has 10 heteroatoms. The van der Waals surface area contributed by atoms with Crippen molar-refractivity contribution in [1.82, 2.24) is 9.21 Å². The van der Waals surface area contributed by atoms with E-state index >= 15 is 0 Å². The maximum absolute atomic E-state index is 12.5. The molecule has 0 unspecified atom stereocenters. The van der Waals surface area contributed by atoms with Gasteiger partial charge >= 0.3 is 0 Å². The maximum Gasteiger partial charge on any atom is 0.253 e. The number of benzene rings is 1. The lowest BCUT2D eigenvalue weighted by Gasteiger charge is -2.38. The average Bonchev–Trinajstić information content (AvgIpc) is 3.05. The largest absolute Gasteiger partial charge is 0.468 e. The first-order valence-electron chi connectivity index (χ1n) is 8.17. The number of hydrogen-bond acceptors (Lipinski definition) is 6. The number of carbonyl (C=O) groups is 1. The Labute approximate surface area is 158 Å². The van der Waals surface area contributed by atoms with E-state index in [1.165, 1.54) is 49.5 Å². The van der Waals surface area contributed by atoms with Gasteiger partial charge in [0.15, 0.2) is 9.84 Å². The molecule has 0 atom stereocenters. The van der Waals surface area contributed by atoms with Gasteiger partial charge in [-0.1, -0.05) is 0 Å². The molecular formula is C17H20N2O6S2. The minimum absolute atomic E-state index is 0.0894. The highest BCUT2D eigenvalue weighted by atomic mass is 32.2. The van der Waals surface area contributed by atoms with Crippen molar-refractivity contribution in [3.8, 4) is 0 Å². The molecule has 0 saturated carbocycles. The van der Waals surface area contributed by atoms with Gasteiger partial charge in [-0.3, -0.25) is 4.79 Å². The Morgan fingerprint density at radius 3 is 2.26 bits per heavy atom. The molecule has 1 aromatic carbocycles. The summed E-state index contributed by atoms with van der Waals surface area (Å²) >= 11 is 0. The topological polar surface area (TPSA) is 105 Å². The Balaban J connectivity index is 1.64. The number of furan rings is 1. The van der Waals surface area contributed by atoms with E-state index in [4.69, 9.17) is 4.42 Å². The third kappa shape index (κ3) is 3.92. The molecule has 2 heterocycles. The molecule has 0 N–H and O–H groups in total. The van der Waals surface area contributed by atoms with Crippen molar-refractivity contribution in [3.05, 3.63) is 54.0 Å². The fraction of sp³-hybridized carbons (Fsp3) is 0.353. The number of rotatable bonds is 6. The highest BCUT2D eigenvalue weighted by Crippen LogP contribution is 2.23. The lowest BCUT2D eigenvalue weighted by molar-refractivity contribution is 0.0658. The number of sulfone groups is 1. The van der Waals surface area contributed by atoms with E-state index in [9.17, 15) is 21.6 Å². The summed E-state index contributed by atoms with van der Waals surface area (Å²) in [5.41, 5.74) is 0.314. The van der Waals surface area contributed by atoms with Crippen LogP contribution in [-0.2, 0) is 25.6 Å². The van der Waals surface area contributed by atoms with E-state index in [-0.39, 0.29) is 29.6 Å². The summed E-state index contributed by atoms with van der Waals surface area (Å²) in [7, 11) is -4.11. The highest BCUT2D eigenvalue weighted by Gasteiger charge is 2.40. The predicted octanol–water partition coefficient (Wildman–Crippen LogP) is 0.969. The van der Waals surface area contributed by atoms with E-state index in [1.807, 2.05) is 0 Å². The number of nitrogens with zero attached hydrogens (tertiary/aromatic N) is 2. The molecule has 2 aromatic rings. The number of hydrogen-bond donors (Lipinski definition) is 0. The van der Waals surface area contributed by atoms with Gasteiger partial charge < -0.3 is 9.32 Å². The lowest BCUT2D eigenvalue weighted by Crippen LogP contribution is -2.57. The van der Waals surface area contributed by atoms with Crippen LogP contribution in [0.4, 0.5) is 0 Å². The Kier molecular flexibility index (Phi) is 5.15. The fourth-order valence-corrected chi connectivity index (χ4v) is 5.22. The van der Waals surface area contributed by atoms with Crippen molar-refractivity contribution in [2.24, 2.45) is 0 Å². The summed E-state index contributed by atoms with van der Waals surface area (Å²) in [5.74, 6) is -0.144. The van der Waals surface area contributed by atoms with Crippen molar-refractivity contribution >= 4 is 25.8 Å². The molecule has 1 aliphatic rings. The van der Waals surface area contributed by atoms with Gasteiger partial charge in [0.1, 0.15) is 11.5 Å². The van der Waals surface area contributed by atoms with Crippen LogP contribution in [0, 0.1) is 0 Å². The zero-order valence-corrected chi connectivity index (χ0v) is 16.5. The van der Waals surface area contributed by atoms with Crippen LogP contribution in [0.1, 0.15) is 16.1 Å². The molecule has 0 bridgehead atoms. The Bertz CT molecular complexity index is 1020. The average molecular weight is 412 g/mol.